The van der Waals surface area contributed by atoms with Crippen molar-refractivity contribution in [2.45, 2.75) is 122 Å². The highest BCUT2D eigenvalue weighted by atomic mass is 32.2. The van der Waals surface area contributed by atoms with Gasteiger partial charge in [-0.25, -0.2) is 67.2 Å². The minimum absolute atomic E-state index is 0.0340. The van der Waals surface area contributed by atoms with Crippen molar-refractivity contribution in [3.05, 3.63) is 339 Å². The molecule has 14 aromatic rings. The van der Waals surface area contributed by atoms with Crippen molar-refractivity contribution in [1.82, 2.24) is 50.0 Å². The molecular formula is C92H82F6N10O17S4. The van der Waals surface area contributed by atoms with Gasteiger partial charge in [0.1, 0.15) is 23.3 Å². The predicted molar refractivity (Wildman–Crippen MR) is 465 cm³/mol. The molecule has 27 nitrogen and oxygen atoms in total. The number of ether oxygens (including phenoxy) is 1. The van der Waals surface area contributed by atoms with Gasteiger partial charge in [0.25, 0.3) is 0 Å². The number of tetrazole rings is 2. The van der Waals surface area contributed by atoms with Crippen LogP contribution in [0.15, 0.2) is 275 Å². The van der Waals surface area contributed by atoms with Gasteiger partial charge in [-0.15, -0.1) is 10.2 Å². The molecule has 129 heavy (non-hydrogen) atoms. The molecule has 0 aliphatic heterocycles. The largest absolute Gasteiger partial charge is 0.495 e. The van der Waals surface area contributed by atoms with Gasteiger partial charge in [0.05, 0.1) is 102 Å². The van der Waals surface area contributed by atoms with Crippen molar-refractivity contribution in [3.63, 3.8) is 0 Å². The lowest BCUT2D eigenvalue weighted by molar-refractivity contribution is -0.138. The van der Waals surface area contributed by atoms with Crippen LogP contribution in [0, 0.1) is 6.92 Å². The summed E-state index contributed by atoms with van der Waals surface area (Å²) < 4.78 is 197. The number of carboxylic acid groups (broad SMARTS) is 4. The summed E-state index contributed by atoms with van der Waals surface area (Å²) in [7, 11) is -14.9. The molecule has 0 unspecified atom stereocenters. The lowest BCUT2D eigenvalue weighted by Crippen LogP contribution is -2.13. The van der Waals surface area contributed by atoms with Crippen LogP contribution >= 0.6 is 0 Å². The highest BCUT2D eigenvalue weighted by molar-refractivity contribution is 7.91. The molecule has 0 amide bonds. The smallest absolute Gasteiger partial charge is 0.416 e. The summed E-state index contributed by atoms with van der Waals surface area (Å²) >= 11 is 0. The number of nitrogens with zero attached hydrogens (tertiary/aromatic N) is 10. The standard InChI is InChI=1S/C25H23F3O5S.C24H22N4O4S.C23H20N4O4S.C20H17F3N2O4S/c1-15(2)19-6-4-5-7-21(19)20-10-9-18(25(26,27)28)12-17(20)14-34(31,32)23-13-16(24(29)30)8-11-22(23)33-3;1-3-17-7-8-19(24(29)30)13-23(17)33(31,32)14-20-12-21(28-15-25-26-27-28)9-10-22(20)18-6-4-5-16(2)11-18;1-2-16-8-9-18(23(28)29)13-22(16)32(30,31)14-19-12-20(27-15-24-25-26-27)10-11-21(19)17-6-4-3-5-7-17;1-2-13-3-4-14(19(26)27)10-18(13)30(28,29)11-15-9-16(20(21,22)23)5-6-17(15)25-8-7-24-12-25/h4-13,15H,14H2,1-3H3,(H,29,30);4-13,15H,3,14H2,1-2H3,(H,29,30);3-13,15H,2,14H2,1H3,(H,28,29);3-10,12H,2,11H2,1H3,(H,26,27). The number of aromatic carboxylic acids is 4. The molecule has 0 aliphatic carbocycles. The number of aryl methyl sites for hydroxylation is 4. The Bertz CT molecular complexity index is 6990. The van der Waals surface area contributed by atoms with E-state index < -0.39 is 103 Å². The Morgan fingerprint density at radius 3 is 1.22 bits per heavy atom. The van der Waals surface area contributed by atoms with Crippen LogP contribution < -0.4 is 4.74 Å². The van der Waals surface area contributed by atoms with Crippen molar-refractivity contribution < 1.29 is 104 Å². The Kier molecular flexibility index (Phi) is 29.8. The molecule has 3 aromatic heterocycles. The first-order valence-electron chi connectivity index (χ1n) is 39.3. The SMILES string of the molecule is CCc1ccc(C(=O)O)cc1S(=O)(=O)Cc1cc(-n2cnnn2)ccc1-c1cccc(C)c1.CCc1ccc(C(=O)O)cc1S(=O)(=O)Cc1cc(-n2cnnn2)ccc1-c1ccccc1.CCc1ccc(C(=O)O)cc1S(=O)(=O)Cc1cc(C(F)(F)F)ccc1-n1ccnc1.COc1ccc(C(=O)O)cc1S(=O)(=O)Cc1cc(C(F)(F)F)ccc1-c1ccccc1C(C)C. The zero-order chi connectivity index (χ0) is 93.7. The Hall–Kier alpha value is -14.2. The minimum Gasteiger partial charge on any atom is -0.495 e. The molecule has 0 spiro atoms. The maximum Gasteiger partial charge on any atom is 0.416 e. The van der Waals surface area contributed by atoms with Gasteiger partial charge in [0, 0.05) is 12.4 Å². The second kappa shape index (κ2) is 40.2. The number of hydrogen-bond acceptors (Lipinski definition) is 20. The number of methoxy groups -OCH3 is 1. The van der Waals surface area contributed by atoms with Crippen LogP contribution in [0.4, 0.5) is 26.3 Å². The molecule has 0 fully saturated rings. The predicted octanol–water partition coefficient (Wildman–Crippen LogP) is 17.7. The lowest BCUT2D eigenvalue weighted by atomic mass is 9.90. The maximum atomic E-state index is 13.6. The summed E-state index contributed by atoms with van der Waals surface area (Å²) in [6, 6.07) is 56.6. The normalized spacial score (nSPS) is 11.8. The Labute approximate surface area is 737 Å². The zero-order valence-electron chi connectivity index (χ0n) is 69.7. The summed E-state index contributed by atoms with van der Waals surface area (Å²) in [5.41, 5.74) is 7.61. The highest BCUT2D eigenvalue weighted by Crippen LogP contribution is 2.41. The fourth-order valence-electron chi connectivity index (χ4n) is 14.2. The van der Waals surface area contributed by atoms with Crippen molar-refractivity contribution >= 4 is 63.2 Å². The maximum absolute atomic E-state index is 13.6. The van der Waals surface area contributed by atoms with E-state index in [-0.39, 0.29) is 76.9 Å². The van der Waals surface area contributed by atoms with Gasteiger partial charge in [-0.3, -0.25) is 0 Å². The van der Waals surface area contributed by atoms with Crippen molar-refractivity contribution in [3.8, 4) is 56.2 Å². The molecule has 3 heterocycles. The molecule has 4 N–H and O–H groups in total. The Balaban J connectivity index is 0.000000167. The zero-order valence-corrected chi connectivity index (χ0v) is 73.0. The molecule has 668 valence electrons. The van der Waals surface area contributed by atoms with Gasteiger partial charge in [0.15, 0.2) is 39.3 Å². The van der Waals surface area contributed by atoms with Crippen LogP contribution in [0.3, 0.4) is 0 Å². The Morgan fingerprint density at radius 1 is 0.403 bits per heavy atom. The summed E-state index contributed by atoms with van der Waals surface area (Å²) in [5, 5.41) is 59.5. The Morgan fingerprint density at radius 2 is 0.806 bits per heavy atom. The molecule has 0 aliphatic rings. The summed E-state index contributed by atoms with van der Waals surface area (Å²) in [6.45, 7) is 11.2. The quantitative estimate of drug-likeness (QED) is 0.0347. The monoisotopic (exact) mass is 1840 g/mol. The molecule has 0 saturated carbocycles. The van der Waals surface area contributed by atoms with Crippen molar-refractivity contribution in [2.75, 3.05) is 7.11 Å². The van der Waals surface area contributed by atoms with Crippen LogP contribution in [0.1, 0.15) is 143 Å². The van der Waals surface area contributed by atoms with Gasteiger partial charge < -0.3 is 29.7 Å². The van der Waals surface area contributed by atoms with E-state index in [1.807, 2.05) is 126 Å². The van der Waals surface area contributed by atoms with E-state index in [1.165, 1.54) is 113 Å². The molecular weight excluding hydrogens is 1760 g/mol. The lowest BCUT2D eigenvalue weighted by Gasteiger charge is -2.19. The second-order valence-corrected chi connectivity index (χ2v) is 37.3. The fourth-order valence-corrected chi connectivity index (χ4v) is 20.9. The second-order valence-electron chi connectivity index (χ2n) is 29.5. The molecule has 11 aromatic carbocycles. The number of alkyl halides is 6. The number of rotatable bonds is 27. The first-order valence-corrected chi connectivity index (χ1v) is 45.9. The van der Waals surface area contributed by atoms with E-state index in [1.54, 1.807) is 43.3 Å². The number of benzene rings is 11. The third-order valence-electron chi connectivity index (χ3n) is 20.5. The molecule has 0 radical (unpaired) electrons. The van der Waals surface area contributed by atoms with E-state index in [2.05, 4.69) is 36.0 Å². The van der Waals surface area contributed by atoms with Crippen molar-refractivity contribution in [1.29, 1.82) is 0 Å². The average Bonchev–Trinajstić information content (AvgIpc) is 1.30. The molecule has 0 bridgehead atoms. The van der Waals surface area contributed by atoms with Gasteiger partial charge in [-0.2, -0.15) is 26.3 Å². The van der Waals surface area contributed by atoms with E-state index in [9.17, 15) is 99.6 Å². The van der Waals surface area contributed by atoms with E-state index >= 15 is 0 Å². The number of carboxylic acids is 4. The molecule has 37 heteroatoms. The molecule has 14 rings (SSSR count). The van der Waals surface area contributed by atoms with Gasteiger partial charge in [0.2, 0.25) is 0 Å². The number of imidazole rings is 1. The first-order chi connectivity index (χ1) is 61.0. The van der Waals surface area contributed by atoms with Crippen LogP contribution in [0.25, 0.3) is 50.4 Å². The fraction of sp³-hybridized carbons (Fsp3) is 0.185. The first kappa shape index (κ1) is 95.5. The minimum atomic E-state index is -4.67. The van der Waals surface area contributed by atoms with Crippen LogP contribution in [-0.4, -0.2) is 135 Å². The van der Waals surface area contributed by atoms with Gasteiger partial charge >= 0.3 is 36.2 Å². The van der Waals surface area contributed by atoms with Gasteiger partial charge in [-0.05, 0) is 240 Å². The number of hydrogen-bond donors (Lipinski definition) is 4. The third-order valence-corrected chi connectivity index (χ3v) is 27.4. The molecule has 0 atom stereocenters. The van der Waals surface area contributed by atoms with Crippen LogP contribution in [-0.2, 0) is 94.0 Å². The van der Waals surface area contributed by atoms with Gasteiger partial charge in [-0.1, -0.05) is 155 Å². The highest BCUT2D eigenvalue weighted by Gasteiger charge is 2.36. The summed E-state index contributed by atoms with van der Waals surface area (Å²) in [6.07, 6.45) is -0.962. The number of halogens is 6. The summed E-state index contributed by atoms with van der Waals surface area (Å²) in [4.78, 5) is 48.9. The molecule has 0 saturated heterocycles. The van der Waals surface area contributed by atoms with Crippen LogP contribution in [0.2, 0.25) is 0 Å². The topological polar surface area (TPSA) is 400 Å². The third kappa shape index (κ3) is 23.2. The number of carbonyl (C=O) groups is 4. The number of sulfone groups is 4. The average molecular weight is 1840 g/mol. The van der Waals surface area contributed by atoms with Crippen LogP contribution in [0.5, 0.6) is 5.75 Å². The number of aromatic nitrogens is 10. The van der Waals surface area contributed by atoms with E-state index in [0.29, 0.717) is 69.6 Å². The summed E-state index contributed by atoms with van der Waals surface area (Å²) in [5.74, 6) is -7.16. The van der Waals surface area contributed by atoms with E-state index in [0.717, 1.165) is 69.8 Å². The van der Waals surface area contributed by atoms with E-state index in [4.69, 9.17) is 4.74 Å². The van der Waals surface area contributed by atoms with Crippen molar-refractivity contribution in [2.24, 2.45) is 0 Å².